The van der Waals surface area contributed by atoms with Gasteiger partial charge in [0.15, 0.2) is 0 Å². The number of aliphatic imine (C=N–C) groups is 1. The normalized spacial score (nSPS) is 14.7. The van der Waals surface area contributed by atoms with E-state index in [9.17, 15) is 0 Å². The van der Waals surface area contributed by atoms with Crippen molar-refractivity contribution in [2.45, 2.75) is 6.17 Å². The van der Waals surface area contributed by atoms with E-state index in [0.29, 0.717) is 0 Å². The molecule has 3 heterocycles. The third-order valence-electron chi connectivity index (χ3n) is 10.0. The summed E-state index contributed by atoms with van der Waals surface area (Å²) in [4.78, 5) is 12.9. The van der Waals surface area contributed by atoms with Crippen LogP contribution in [0.3, 0.4) is 0 Å². The van der Waals surface area contributed by atoms with Gasteiger partial charge in [0.2, 0.25) is 5.95 Å². The van der Waals surface area contributed by atoms with Gasteiger partial charge in [-0.15, -0.1) is 0 Å². The van der Waals surface area contributed by atoms with Crippen molar-refractivity contribution in [3.63, 3.8) is 0 Å². The summed E-state index contributed by atoms with van der Waals surface area (Å²) < 4.78 is 2.30. The van der Waals surface area contributed by atoms with Crippen molar-refractivity contribution < 1.29 is 0 Å². The van der Waals surface area contributed by atoms with Crippen LogP contribution in [-0.2, 0) is 0 Å². The molecule has 0 amide bonds. The maximum atomic E-state index is 5.34. The smallest absolute Gasteiger partial charge is 0.220 e. The number of benzene rings is 7. The highest BCUT2D eigenvalue weighted by atomic mass is 15.3. The minimum atomic E-state index is -0.275. The Bertz CT molecular complexity index is 2650. The lowest BCUT2D eigenvalue weighted by Crippen LogP contribution is -2.26. The van der Waals surface area contributed by atoms with Crippen molar-refractivity contribution in [2.24, 2.45) is 4.99 Å². The van der Waals surface area contributed by atoms with Crippen LogP contribution in [0.1, 0.15) is 22.9 Å². The number of nitrogens with one attached hydrogen (secondary N) is 1. The summed E-state index contributed by atoms with van der Waals surface area (Å²) in [5.41, 5.74) is 15.0. The molecule has 52 heavy (non-hydrogen) atoms. The molecule has 0 aliphatic carbocycles. The van der Waals surface area contributed by atoms with Crippen molar-refractivity contribution in [3.05, 3.63) is 205 Å². The number of aromatic nitrogens is 2. The van der Waals surface area contributed by atoms with E-state index in [1.54, 1.807) is 0 Å². The van der Waals surface area contributed by atoms with Crippen LogP contribution in [0.25, 0.3) is 44.7 Å². The van der Waals surface area contributed by atoms with Gasteiger partial charge >= 0.3 is 0 Å². The summed E-state index contributed by atoms with van der Waals surface area (Å²) in [7, 11) is 0. The molecule has 1 unspecified atom stereocenters. The predicted octanol–water partition coefficient (Wildman–Crippen LogP) is 11.3. The van der Waals surface area contributed by atoms with Crippen LogP contribution < -0.4 is 10.2 Å². The minimum Gasteiger partial charge on any atom is -0.359 e. The number of fused-ring (bicyclic) bond motifs is 7. The van der Waals surface area contributed by atoms with Gasteiger partial charge in [0.05, 0.1) is 33.8 Å². The van der Waals surface area contributed by atoms with E-state index in [1.165, 1.54) is 11.1 Å². The van der Waals surface area contributed by atoms with Crippen molar-refractivity contribution in [3.8, 4) is 27.9 Å². The standard InChI is InChI=1S/C47H33N5/c1-3-15-32(16-4-1)33-27-29-34(30-28-33)40-31-41(49-46(48-40)35-17-5-2-6-18-35)38-21-9-13-25-44(38)51-42-23-11-7-19-36(42)37-20-8-12-24-43(37)52-45-26-14-10-22-39(45)50-47(51)52/h1-31,46,49H. The first-order valence-corrected chi connectivity index (χ1v) is 17.6. The second kappa shape index (κ2) is 12.4. The third-order valence-corrected chi connectivity index (χ3v) is 10.0. The fourth-order valence-corrected chi connectivity index (χ4v) is 7.54. The maximum absolute atomic E-state index is 5.34. The van der Waals surface area contributed by atoms with Crippen LogP contribution in [0.4, 0.5) is 17.3 Å². The molecular weight excluding hydrogens is 635 g/mol. The second-order valence-corrected chi connectivity index (χ2v) is 13.1. The SMILES string of the molecule is C1=C(c2ccccc2N2c3ccccc3-c3ccccc3-n3c2nc2ccccc23)NC(c2ccccc2)N=C1c1ccc(-c2ccccc2)cc1. The van der Waals surface area contributed by atoms with Gasteiger partial charge in [0.1, 0.15) is 6.17 Å². The van der Waals surface area contributed by atoms with Crippen LogP contribution >= 0.6 is 0 Å². The van der Waals surface area contributed by atoms with E-state index in [4.69, 9.17) is 9.98 Å². The summed E-state index contributed by atoms with van der Waals surface area (Å²) in [6.45, 7) is 0. The molecule has 0 fully saturated rings. The number of para-hydroxylation sites is 5. The molecular formula is C47H33N5. The lowest BCUT2D eigenvalue weighted by molar-refractivity contribution is 0.664. The molecule has 1 aromatic heterocycles. The van der Waals surface area contributed by atoms with Gasteiger partial charge in [-0.05, 0) is 58.7 Å². The lowest BCUT2D eigenvalue weighted by atomic mass is 9.98. The fourth-order valence-electron chi connectivity index (χ4n) is 7.54. The molecule has 10 rings (SSSR count). The zero-order valence-corrected chi connectivity index (χ0v) is 28.3. The zero-order chi connectivity index (χ0) is 34.4. The largest absolute Gasteiger partial charge is 0.359 e. The van der Waals surface area contributed by atoms with Crippen molar-refractivity contribution in [1.82, 2.24) is 14.9 Å². The molecule has 8 aromatic rings. The van der Waals surface area contributed by atoms with Gasteiger partial charge in [-0.1, -0.05) is 152 Å². The number of rotatable bonds is 5. The fraction of sp³-hybridized carbons (Fsp3) is 0.0213. The van der Waals surface area contributed by atoms with Gasteiger partial charge in [-0.2, -0.15) is 0 Å². The molecule has 246 valence electrons. The van der Waals surface area contributed by atoms with Crippen molar-refractivity contribution in [1.29, 1.82) is 0 Å². The molecule has 2 aliphatic heterocycles. The van der Waals surface area contributed by atoms with Crippen LogP contribution in [0.2, 0.25) is 0 Å². The average Bonchev–Trinajstić information content (AvgIpc) is 3.55. The minimum absolute atomic E-state index is 0.275. The zero-order valence-electron chi connectivity index (χ0n) is 28.3. The first-order chi connectivity index (χ1) is 25.8. The topological polar surface area (TPSA) is 45.5 Å². The molecule has 1 atom stereocenters. The molecule has 7 aromatic carbocycles. The molecule has 0 bridgehead atoms. The highest BCUT2D eigenvalue weighted by Crippen LogP contribution is 2.49. The summed E-state index contributed by atoms with van der Waals surface area (Å²) in [6, 6.07) is 64.0. The summed E-state index contributed by atoms with van der Waals surface area (Å²) in [5, 5.41) is 3.83. The highest BCUT2D eigenvalue weighted by Gasteiger charge is 2.31. The van der Waals surface area contributed by atoms with Crippen LogP contribution in [0, 0.1) is 0 Å². The van der Waals surface area contributed by atoms with E-state index in [0.717, 1.165) is 73.3 Å². The van der Waals surface area contributed by atoms with Crippen LogP contribution in [0.15, 0.2) is 193 Å². The van der Waals surface area contributed by atoms with Gasteiger partial charge in [0.25, 0.3) is 0 Å². The van der Waals surface area contributed by atoms with E-state index >= 15 is 0 Å². The third kappa shape index (κ3) is 5.02. The van der Waals surface area contributed by atoms with Gasteiger partial charge < -0.3 is 5.32 Å². The Morgan fingerprint density at radius 3 is 1.75 bits per heavy atom. The Kier molecular flexibility index (Phi) is 7.14. The van der Waals surface area contributed by atoms with Gasteiger partial charge in [-0.25, -0.2) is 4.98 Å². The number of anilines is 3. The monoisotopic (exact) mass is 667 g/mol. The van der Waals surface area contributed by atoms with Crippen LogP contribution in [0.5, 0.6) is 0 Å². The Morgan fingerprint density at radius 2 is 1.00 bits per heavy atom. The number of hydrogen-bond donors (Lipinski definition) is 1. The lowest BCUT2D eigenvalue weighted by Gasteiger charge is -2.30. The summed E-state index contributed by atoms with van der Waals surface area (Å²) in [6.07, 6.45) is 1.92. The van der Waals surface area contributed by atoms with Gasteiger partial charge in [0, 0.05) is 22.4 Å². The molecule has 1 N–H and O–H groups in total. The Balaban J connectivity index is 1.17. The first-order valence-electron chi connectivity index (χ1n) is 17.6. The molecule has 0 radical (unpaired) electrons. The molecule has 0 spiro atoms. The quantitative estimate of drug-likeness (QED) is 0.199. The van der Waals surface area contributed by atoms with E-state index in [-0.39, 0.29) is 6.17 Å². The maximum Gasteiger partial charge on any atom is 0.220 e. The molecule has 5 nitrogen and oxygen atoms in total. The second-order valence-electron chi connectivity index (χ2n) is 13.1. The van der Waals surface area contributed by atoms with E-state index in [1.807, 2.05) is 12.1 Å². The molecule has 5 heteroatoms. The van der Waals surface area contributed by atoms with Crippen LogP contribution in [-0.4, -0.2) is 15.3 Å². The van der Waals surface area contributed by atoms with Crippen molar-refractivity contribution in [2.75, 3.05) is 4.90 Å². The number of nitrogens with zero attached hydrogens (tertiary/aromatic N) is 4. The Morgan fingerprint density at radius 1 is 0.462 bits per heavy atom. The predicted molar refractivity (Wildman–Crippen MR) is 213 cm³/mol. The number of imidazole rings is 1. The van der Waals surface area contributed by atoms with Gasteiger partial charge in [-0.3, -0.25) is 14.5 Å². The van der Waals surface area contributed by atoms with Crippen molar-refractivity contribution >= 4 is 39.8 Å². The molecule has 2 aliphatic rings. The van der Waals surface area contributed by atoms with E-state index < -0.39 is 0 Å². The molecule has 0 saturated heterocycles. The van der Waals surface area contributed by atoms with E-state index in [2.05, 4.69) is 191 Å². The first kappa shape index (κ1) is 29.9. The molecule has 0 saturated carbocycles. The summed E-state index contributed by atoms with van der Waals surface area (Å²) in [5.74, 6) is 0.840. The highest BCUT2D eigenvalue weighted by molar-refractivity contribution is 6.14. The number of hydrogen-bond acceptors (Lipinski definition) is 4. The average molecular weight is 668 g/mol. The Hall–Kier alpha value is -6.98. The summed E-state index contributed by atoms with van der Waals surface area (Å²) >= 11 is 0. The number of allylic oxidation sites excluding steroid dienone is 1. The Labute approximate surface area is 302 Å².